The third-order valence-corrected chi connectivity index (χ3v) is 4.90. The highest BCUT2D eigenvalue weighted by Gasteiger charge is 2.47. The standard InChI is InChI=1S/C20H38N2O2/c1-15(2)11-9-10-12-18(3,4)21-17(23)16-13-19(5,6)22(24)20(7,8)14-16/h10,12,15-16,24H,9,11,13-14H2,1-8H3,(H,21,23)/b12-10+. The van der Waals surface area contributed by atoms with Crippen LogP contribution < -0.4 is 5.32 Å². The molecule has 0 saturated carbocycles. The van der Waals surface area contributed by atoms with Crippen LogP contribution in [0.4, 0.5) is 0 Å². The summed E-state index contributed by atoms with van der Waals surface area (Å²) in [5, 5.41) is 15.0. The Hall–Kier alpha value is -0.870. The van der Waals surface area contributed by atoms with Gasteiger partial charge in [0.15, 0.2) is 0 Å². The fourth-order valence-corrected chi connectivity index (χ4v) is 3.72. The van der Waals surface area contributed by atoms with Crippen molar-refractivity contribution in [3.63, 3.8) is 0 Å². The van der Waals surface area contributed by atoms with Crippen LogP contribution in [0.2, 0.25) is 0 Å². The summed E-state index contributed by atoms with van der Waals surface area (Å²) >= 11 is 0. The van der Waals surface area contributed by atoms with Gasteiger partial charge in [0.05, 0.1) is 5.54 Å². The van der Waals surface area contributed by atoms with Gasteiger partial charge in [-0.3, -0.25) is 4.79 Å². The largest absolute Gasteiger partial charge is 0.348 e. The fourth-order valence-electron chi connectivity index (χ4n) is 3.72. The van der Waals surface area contributed by atoms with Crippen molar-refractivity contribution < 1.29 is 10.0 Å². The number of piperidine rings is 1. The first-order valence-electron chi connectivity index (χ1n) is 9.26. The average molecular weight is 339 g/mol. The predicted molar refractivity (Wildman–Crippen MR) is 99.9 cm³/mol. The van der Waals surface area contributed by atoms with Crippen molar-refractivity contribution in [3.05, 3.63) is 12.2 Å². The van der Waals surface area contributed by atoms with E-state index in [-0.39, 0.29) is 17.4 Å². The van der Waals surface area contributed by atoms with Crippen molar-refractivity contribution in [2.75, 3.05) is 0 Å². The number of carbonyl (C=O) groups excluding carboxylic acids is 1. The van der Waals surface area contributed by atoms with Gasteiger partial charge in [0.1, 0.15) is 0 Å². The van der Waals surface area contributed by atoms with Crippen LogP contribution in [0.25, 0.3) is 0 Å². The molecule has 0 aromatic rings. The molecule has 4 nitrogen and oxygen atoms in total. The van der Waals surface area contributed by atoms with Gasteiger partial charge in [-0.1, -0.05) is 26.0 Å². The molecule has 1 aliphatic heterocycles. The summed E-state index contributed by atoms with van der Waals surface area (Å²) in [5.74, 6) is 0.699. The number of allylic oxidation sites excluding steroid dienone is 1. The SMILES string of the molecule is CC(C)CC/C=C/C(C)(C)NC(=O)C1CC(C)(C)N(O)C(C)(C)C1. The van der Waals surface area contributed by atoms with E-state index in [0.717, 1.165) is 12.8 Å². The van der Waals surface area contributed by atoms with Crippen molar-refractivity contribution in [1.82, 2.24) is 10.4 Å². The zero-order valence-electron chi connectivity index (χ0n) is 16.9. The highest BCUT2D eigenvalue weighted by molar-refractivity contribution is 5.80. The number of nitrogens with zero attached hydrogens (tertiary/aromatic N) is 1. The number of rotatable bonds is 6. The Labute approximate surface area is 148 Å². The van der Waals surface area contributed by atoms with Crippen LogP contribution in [-0.2, 0) is 4.79 Å². The number of carbonyl (C=O) groups is 1. The Morgan fingerprint density at radius 3 is 2.21 bits per heavy atom. The molecule has 0 bridgehead atoms. The maximum absolute atomic E-state index is 12.8. The Morgan fingerprint density at radius 1 is 1.25 bits per heavy atom. The molecule has 0 atom stereocenters. The molecule has 1 saturated heterocycles. The number of hydroxylamine groups is 2. The van der Waals surface area contributed by atoms with Crippen LogP contribution in [-0.4, -0.2) is 32.8 Å². The Bertz CT molecular complexity index is 446. The lowest BCUT2D eigenvalue weighted by atomic mass is 9.74. The van der Waals surface area contributed by atoms with Crippen LogP contribution in [0, 0.1) is 11.8 Å². The Morgan fingerprint density at radius 2 is 1.75 bits per heavy atom. The van der Waals surface area contributed by atoms with Gasteiger partial charge in [-0.05, 0) is 73.1 Å². The minimum atomic E-state index is -0.402. The summed E-state index contributed by atoms with van der Waals surface area (Å²) in [6.45, 7) is 16.5. The van der Waals surface area contributed by atoms with Crippen molar-refractivity contribution >= 4 is 5.91 Å². The summed E-state index contributed by atoms with van der Waals surface area (Å²) in [6, 6.07) is 0. The van der Waals surface area contributed by atoms with Gasteiger partial charge in [-0.2, -0.15) is 5.06 Å². The lowest BCUT2D eigenvalue weighted by molar-refractivity contribution is -0.249. The fraction of sp³-hybridized carbons (Fsp3) is 0.850. The first-order valence-corrected chi connectivity index (χ1v) is 9.26. The second-order valence-electron chi connectivity index (χ2n) is 9.63. The molecule has 0 aliphatic carbocycles. The molecular formula is C20H38N2O2. The molecule has 1 fully saturated rings. The third kappa shape index (κ3) is 5.89. The normalized spacial score (nSPS) is 22.2. The minimum Gasteiger partial charge on any atom is -0.348 e. The molecule has 140 valence electrons. The van der Waals surface area contributed by atoms with Crippen LogP contribution in [0.1, 0.15) is 81.1 Å². The van der Waals surface area contributed by atoms with E-state index in [1.54, 1.807) is 0 Å². The predicted octanol–water partition coefficient (Wildman–Crippen LogP) is 4.53. The molecule has 1 aliphatic rings. The zero-order valence-corrected chi connectivity index (χ0v) is 16.9. The lowest BCUT2D eigenvalue weighted by Crippen LogP contribution is -2.61. The van der Waals surface area contributed by atoms with Crippen molar-refractivity contribution in [2.45, 2.75) is 97.7 Å². The van der Waals surface area contributed by atoms with Crippen molar-refractivity contribution in [3.8, 4) is 0 Å². The smallest absolute Gasteiger partial charge is 0.223 e. The van der Waals surface area contributed by atoms with Crippen LogP contribution in [0.5, 0.6) is 0 Å². The third-order valence-electron chi connectivity index (χ3n) is 4.90. The van der Waals surface area contributed by atoms with Crippen LogP contribution >= 0.6 is 0 Å². The molecule has 0 radical (unpaired) electrons. The van der Waals surface area contributed by atoms with E-state index in [1.807, 2.05) is 41.5 Å². The molecule has 2 N–H and O–H groups in total. The molecule has 0 unspecified atom stereocenters. The molecule has 0 aromatic carbocycles. The molecular weight excluding hydrogens is 300 g/mol. The average Bonchev–Trinajstić information content (AvgIpc) is 2.39. The summed E-state index contributed by atoms with van der Waals surface area (Å²) in [5.41, 5.74) is -1.15. The van der Waals surface area contributed by atoms with Crippen LogP contribution in [0.3, 0.4) is 0 Å². The van der Waals surface area contributed by atoms with Crippen LogP contribution in [0.15, 0.2) is 12.2 Å². The van der Waals surface area contributed by atoms with Gasteiger partial charge in [0.25, 0.3) is 0 Å². The highest BCUT2D eigenvalue weighted by Crippen LogP contribution is 2.40. The van der Waals surface area contributed by atoms with Crippen molar-refractivity contribution in [1.29, 1.82) is 0 Å². The number of hydrogen-bond donors (Lipinski definition) is 2. The topological polar surface area (TPSA) is 52.6 Å². The van der Waals surface area contributed by atoms with Gasteiger partial charge < -0.3 is 10.5 Å². The van der Waals surface area contributed by atoms with Gasteiger partial charge in [0, 0.05) is 17.0 Å². The molecule has 1 heterocycles. The zero-order chi connectivity index (χ0) is 18.8. The van der Waals surface area contributed by atoms with E-state index < -0.39 is 11.1 Å². The summed E-state index contributed by atoms with van der Waals surface area (Å²) in [7, 11) is 0. The van der Waals surface area contributed by atoms with E-state index in [2.05, 4.69) is 31.3 Å². The second kappa shape index (κ2) is 7.57. The Balaban J connectivity index is 2.69. The van der Waals surface area contributed by atoms with Gasteiger partial charge in [-0.25, -0.2) is 0 Å². The Kier molecular flexibility index (Phi) is 6.68. The van der Waals surface area contributed by atoms with E-state index in [4.69, 9.17) is 0 Å². The van der Waals surface area contributed by atoms with E-state index in [9.17, 15) is 10.0 Å². The maximum atomic E-state index is 12.8. The summed E-state index contributed by atoms with van der Waals surface area (Å²) in [4.78, 5) is 12.8. The molecule has 24 heavy (non-hydrogen) atoms. The van der Waals surface area contributed by atoms with E-state index in [0.29, 0.717) is 18.8 Å². The van der Waals surface area contributed by atoms with Crippen molar-refractivity contribution in [2.24, 2.45) is 11.8 Å². The number of hydrogen-bond acceptors (Lipinski definition) is 3. The lowest BCUT2D eigenvalue weighted by Gasteiger charge is -2.51. The van der Waals surface area contributed by atoms with Gasteiger partial charge in [-0.15, -0.1) is 0 Å². The quantitative estimate of drug-likeness (QED) is 0.700. The maximum Gasteiger partial charge on any atom is 0.223 e. The van der Waals surface area contributed by atoms with E-state index in [1.165, 1.54) is 5.06 Å². The van der Waals surface area contributed by atoms with Gasteiger partial charge in [0.2, 0.25) is 5.91 Å². The number of nitrogens with one attached hydrogen (secondary N) is 1. The molecule has 0 aromatic heterocycles. The van der Waals surface area contributed by atoms with E-state index >= 15 is 0 Å². The molecule has 1 amide bonds. The second-order valence-corrected chi connectivity index (χ2v) is 9.63. The highest BCUT2D eigenvalue weighted by atomic mass is 16.5. The molecule has 1 rings (SSSR count). The first kappa shape index (κ1) is 21.2. The first-order chi connectivity index (χ1) is 10.8. The summed E-state index contributed by atoms with van der Waals surface area (Å²) < 4.78 is 0. The summed E-state index contributed by atoms with van der Waals surface area (Å²) in [6.07, 6.45) is 7.80. The van der Waals surface area contributed by atoms with Gasteiger partial charge >= 0.3 is 0 Å². The number of amides is 1. The molecule has 0 spiro atoms. The molecule has 4 heteroatoms. The minimum absolute atomic E-state index is 0.0817. The monoisotopic (exact) mass is 338 g/mol.